The molecule has 1 aromatic heterocycles. The van der Waals surface area contributed by atoms with Gasteiger partial charge in [0.1, 0.15) is 18.4 Å². The van der Waals surface area contributed by atoms with Crippen molar-refractivity contribution in [3.8, 4) is 0 Å². The Morgan fingerprint density at radius 3 is 2.25 bits per heavy atom. The van der Waals surface area contributed by atoms with Crippen LogP contribution in [0, 0.1) is 5.92 Å². The van der Waals surface area contributed by atoms with E-state index < -0.39 is 48.7 Å². The van der Waals surface area contributed by atoms with Gasteiger partial charge < -0.3 is 30.4 Å². The van der Waals surface area contributed by atoms with Gasteiger partial charge >= 0.3 is 12.1 Å². The van der Waals surface area contributed by atoms with Crippen LogP contribution >= 0.6 is 7.37 Å². The Labute approximate surface area is 255 Å². The standard InChI is InChI=1S/C33H36N3O7P/c37-31(35-28(32(38)39)19-24-20-34-27-16-8-7-14-25(24)27)26-15-9-17-29(26)44(41,42)30(18-22-10-3-1-4-11-22)36-33(40)43-21-23-12-5-2-6-13-23/h1-8,10-14,16,20,26,28-30,34H,9,15,17-19,21H2,(H,35,37)(H,36,40)(H,38,39)(H,41,42)/t26-,28+,29?,30?/m1/s1. The van der Waals surface area contributed by atoms with E-state index in [4.69, 9.17) is 4.74 Å². The number of hydrogen-bond donors (Lipinski definition) is 5. The summed E-state index contributed by atoms with van der Waals surface area (Å²) in [5, 5.41) is 16.1. The SMILES string of the molecule is O=C(NC(Cc1ccccc1)P(=O)(O)C1CCC[C@H]1C(=O)N[C@@H](Cc1c[nH]c2ccccc12)C(=O)O)OCc1ccccc1. The van der Waals surface area contributed by atoms with Crippen molar-refractivity contribution < 1.29 is 33.7 Å². The normalized spacial score (nSPS) is 19.0. The molecule has 0 radical (unpaired) electrons. The quantitative estimate of drug-likeness (QED) is 0.137. The fraction of sp³-hybridized carbons (Fsp3) is 0.303. The molecule has 0 aliphatic heterocycles. The molecule has 1 saturated carbocycles. The second-order valence-electron chi connectivity index (χ2n) is 11.2. The third kappa shape index (κ3) is 7.38. The van der Waals surface area contributed by atoms with Crippen molar-refractivity contribution in [3.05, 3.63) is 108 Å². The van der Waals surface area contributed by atoms with E-state index >= 15 is 0 Å². The Hall–Kier alpha value is -4.40. The maximum Gasteiger partial charge on any atom is 0.408 e. The van der Waals surface area contributed by atoms with Crippen molar-refractivity contribution in [2.24, 2.45) is 5.92 Å². The van der Waals surface area contributed by atoms with Crippen LogP contribution in [0.2, 0.25) is 0 Å². The average Bonchev–Trinajstić information content (AvgIpc) is 3.69. The number of aromatic amines is 1. The molecule has 1 fully saturated rings. The van der Waals surface area contributed by atoms with Crippen LogP contribution in [0.4, 0.5) is 4.79 Å². The fourth-order valence-electron chi connectivity index (χ4n) is 5.93. The molecule has 0 spiro atoms. The number of amides is 2. The van der Waals surface area contributed by atoms with Crippen molar-refractivity contribution in [3.63, 3.8) is 0 Å². The average molecular weight is 618 g/mol. The van der Waals surface area contributed by atoms with Gasteiger partial charge in [0, 0.05) is 41.5 Å². The first-order valence-corrected chi connectivity index (χ1v) is 16.4. The molecular weight excluding hydrogens is 581 g/mol. The summed E-state index contributed by atoms with van der Waals surface area (Å²) in [6.07, 6.45) is 2.12. The molecule has 0 saturated heterocycles. The third-order valence-electron chi connectivity index (χ3n) is 8.22. The number of H-pyrrole nitrogens is 1. The summed E-state index contributed by atoms with van der Waals surface area (Å²) >= 11 is 0. The molecular formula is C33H36N3O7P. The van der Waals surface area contributed by atoms with Crippen LogP contribution in [0.15, 0.2) is 91.1 Å². The van der Waals surface area contributed by atoms with E-state index in [1.807, 2.05) is 48.5 Å². The van der Waals surface area contributed by atoms with E-state index in [1.54, 1.807) is 42.6 Å². The number of para-hydroxylation sites is 1. The van der Waals surface area contributed by atoms with Crippen LogP contribution in [0.5, 0.6) is 0 Å². The van der Waals surface area contributed by atoms with Gasteiger partial charge in [-0.1, -0.05) is 85.3 Å². The Bertz CT molecular complexity index is 1640. The maximum absolute atomic E-state index is 14.3. The zero-order chi connectivity index (χ0) is 31.1. The molecule has 10 nitrogen and oxygen atoms in total. The smallest absolute Gasteiger partial charge is 0.408 e. The molecule has 4 aromatic rings. The summed E-state index contributed by atoms with van der Waals surface area (Å²) in [5.74, 6) is -3.89. The summed E-state index contributed by atoms with van der Waals surface area (Å²) in [6, 6.07) is 24.4. The number of carbonyl (C=O) groups is 3. The van der Waals surface area contributed by atoms with Gasteiger partial charge in [-0.15, -0.1) is 0 Å². The van der Waals surface area contributed by atoms with Gasteiger partial charge in [-0.2, -0.15) is 0 Å². The Morgan fingerprint density at radius 1 is 0.886 bits per heavy atom. The zero-order valence-corrected chi connectivity index (χ0v) is 25.0. The lowest BCUT2D eigenvalue weighted by atomic mass is 10.0. The molecule has 44 heavy (non-hydrogen) atoms. The molecule has 1 heterocycles. The van der Waals surface area contributed by atoms with Gasteiger partial charge in [-0.05, 0) is 35.6 Å². The Balaban J connectivity index is 1.31. The first kappa shape index (κ1) is 31.0. The predicted octanol–water partition coefficient (Wildman–Crippen LogP) is 5.21. The third-order valence-corrected chi connectivity index (χ3v) is 11.0. The first-order valence-electron chi connectivity index (χ1n) is 14.6. The summed E-state index contributed by atoms with van der Waals surface area (Å²) in [4.78, 5) is 53.3. The molecule has 3 aromatic carbocycles. The highest BCUT2D eigenvalue weighted by molar-refractivity contribution is 7.59. The van der Waals surface area contributed by atoms with Crippen LogP contribution in [0.25, 0.3) is 10.9 Å². The summed E-state index contributed by atoms with van der Waals surface area (Å²) in [7, 11) is -4.26. The number of carbonyl (C=O) groups excluding carboxylic acids is 2. The minimum atomic E-state index is -4.26. The number of carboxylic acid groups (broad SMARTS) is 1. The highest BCUT2D eigenvalue weighted by Crippen LogP contribution is 2.58. The van der Waals surface area contributed by atoms with Crippen LogP contribution in [0.1, 0.15) is 36.0 Å². The summed E-state index contributed by atoms with van der Waals surface area (Å²) < 4.78 is 19.6. The maximum atomic E-state index is 14.3. The van der Waals surface area contributed by atoms with Crippen LogP contribution in [-0.4, -0.2) is 50.4 Å². The molecule has 1 aliphatic carbocycles. The van der Waals surface area contributed by atoms with E-state index in [1.165, 1.54) is 0 Å². The topological polar surface area (TPSA) is 158 Å². The fourth-order valence-corrected chi connectivity index (χ4v) is 8.51. The van der Waals surface area contributed by atoms with E-state index in [9.17, 15) is 28.9 Å². The number of fused-ring (bicyclic) bond motifs is 1. The number of aromatic nitrogens is 1. The number of nitrogens with one attached hydrogen (secondary N) is 3. The van der Waals surface area contributed by atoms with Crippen LogP contribution in [0.3, 0.4) is 0 Å². The highest BCUT2D eigenvalue weighted by Gasteiger charge is 2.49. The van der Waals surface area contributed by atoms with E-state index in [-0.39, 0.29) is 25.9 Å². The highest BCUT2D eigenvalue weighted by atomic mass is 31.2. The second-order valence-corrected chi connectivity index (χ2v) is 13.8. The lowest BCUT2D eigenvalue weighted by Gasteiger charge is -2.31. The second kappa shape index (κ2) is 13.9. The molecule has 3 unspecified atom stereocenters. The van der Waals surface area contributed by atoms with E-state index in [2.05, 4.69) is 15.6 Å². The monoisotopic (exact) mass is 617 g/mol. The van der Waals surface area contributed by atoms with Gasteiger partial charge in [0.2, 0.25) is 13.3 Å². The lowest BCUT2D eigenvalue weighted by molar-refractivity contribution is -0.142. The molecule has 5 N–H and O–H groups in total. The molecule has 230 valence electrons. The van der Waals surface area contributed by atoms with Crippen molar-refractivity contribution >= 4 is 36.2 Å². The minimum absolute atomic E-state index is 0.0120. The van der Waals surface area contributed by atoms with E-state index in [0.717, 1.165) is 27.6 Å². The number of benzene rings is 3. The predicted molar refractivity (Wildman–Crippen MR) is 166 cm³/mol. The van der Waals surface area contributed by atoms with Crippen molar-refractivity contribution in [2.75, 3.05) is 0 Å². The minimum Gasteiger partial charge on any atom is -0.480 e. The number of ether oxygens (including phenoxy) is 1. The molecule has 2 amide bonds. The number of rotatable bonds is 12. The van der Waals surface area contributed by atoms with Crippen molar-refractivity contribution in [1.82, 2.24) is 15.6 Å². The molecule has 1 aliphatic rings. The summed E-state index contributed by atoms with van der Waals surface area (Å²) in [5.41, 5.74) is 2.13. The number of hydrogen-bond acceptors (Lipinski definition) is 5. The molecule has 5 rings (SSSR count). The van der Waals surface area contributed by atoms with Gasteiger partial charge in [0.25, 0.3) is 0 Å². The van der Waals surface area contributed by atoms with Crippen molar-refractivity contribution in [2.45, 2.75) is 56.2 Å². The first-order chi connectivity index (χ1) is 21.2. The lowest BCUT2D eigenvalue weighted by Crippen LogP contribution is -2.47. The molecule has 0 bridgehead atoms. The Morgan fingerprint density at radius 2 is 1.55 bits per heavy atom. The largest absolute Gasteiger partial charge is 0.480 e. The van der Waals surface area contributed by atoms with E-state index in [0.29, 0.717) is 12.8 Å². The molecule has 11 heteroatoms. The van der Waals surface area contributed by atoms with Gasteiger partial charge in [-0.3, -0.25) is 9.36 Å². The van der Waals surface area contributed by atoms with Crippen molar-refractivity contribution in [1.29, 1.82) is 0 Å². The van der Waals surface area contributed by atoms with Crippen LogP contribution < -0.4 is 10.6 Å². The number of alkyl carbamates (subject to hydrolysis) is 1. The van der Waals surface area contributed by atoms with Gasteiger partial charge in [-0.25, -0.2) is 9.59 Å². The van der Waals surface area contributed by atoms with Gasteiger partial charge in [0.15, 0.2) is 0 Å². The molecule has 5 atom stereocenters. The number of aliphatic carboxylic acids is 1. The number of carboxylic acids is 1. The summed E-state index contributed by atoms with van der Waals surface area (Å²) in [6.45, 7) is -0.0120. The Kier molecular flexibility index (Phi) is 9.82. The zero-order valence-electron chi connectivity index (χ0n) is 24.1. The van der Waals surface area contributed by atoms with Crippen LogP contribution in [-0.2, 0) is 38.3 Å². The van der Waals surface area contributed by atoms with Gasteiger partial charge in [0.05, 0.1) is 0 Å².